The number of amides is 3. The molecule has 0 spiro atoms. The van der Waals surface area contributed by atoms with Gasteiger partial charge in [0.05, 0.1) is 4.91 Å². The van der Waals surface area contributed by atoms with Crippen LogP contribution in [0, 0.1) is 20.8 Å². The molecule has 29 heavy (non-hydrogen) atoms. The average Bonchev–Trinajstić information content (AvgIpc) is 3.12. The van der Waals surface area contributed by atoms with Crippen LogP contribution in [0.5, 0.6) is 0 Å². The molecule has 0 aliphatic carbocycles. The van der Waals surface area contributed by atoms with E-state index >= 15 is 0 Å². The first-order chi connectivity index (χ1) is 13.7. The van der Waals surface area contributed by atoms with Gasteiger partial charge >= 0.3 is 0 Å². The lowest BCUT2D eigenvalue weighted by molar-refractivity contribution is -0.127. The first-order valence-corrected chi connectivity index (χ1v) is 10.3. The Kier molecular flexibility index (Phi) is 5.98. The molecule has 7 heteroatoms. The summed E-state index contributed by atoms with van der Waals surface area (Å²) in [4.78, 5) is 38.7. The maximum Gasteiger partial charge on any atom is 0.294 e. The summed E-state index contributed by atoms with van der Waals surface area (Å²) in [7, 11) is 0. The summed E-state index contributed by atoms with van der Waals surface area (Å²) in [5.41, 5.74) is 4.64. The zero-order valence-electron chi connectivity index (χ0n) is 17.3. The number of thioether (sulfide) groups is 1. The molecule has 0 bridgehead atoms. The average molecular weight is 412 g/mol. The van der Waals surface area contributed by atoms with Crippen molar-refractivity contribution in [1.29, 1.82) is 0 Å². The van der Waals surface area contributed by atoms with E-state index in [0.29, 0.717) is 16.6 Å². The normalized spacial score (nSPS) is 15.7. The van der Waals surface area contributed by atoms with Crippen molar-refractivity contribution in [2.45, 2.75) is 40.7 Å². The first kappa shape index (κ1) is 20.9. The largest absolute Gasteiger partial charge is 0.349 e. The van der Waals surface area contributed by atoms with Crippen molar-refractivity contribution in [3.05, 3.63) is 57.8 Å². The van der Waals surface area contributed by atoms with Crippen LogP contribution in [0.25, 0.3) is 6.08 Å². The van der Waals surface area contributed by atoms with Crippen LogP contribution in [0.15, 0.2) is 35.4 Å². The Morgan fingerprint density at radius 3 is 2.52 bits per heavy atom. The lowest BCUT2D eigenvalue weighted by Crippen LogP contribution is -2.36. The van der Waals surface area contributed by atoms with Gasteiger partial charge in [-0.25, -0.2) is 0 Å². The van der Waals surface area contributed by atoms with Gasteiger partial charge in [0.2, 0.25) is 5.91 Å². The van der Waals surface area contributed by atoms with E-state index in [1.807, 2.05) is 51.2 Å². The second-order valence-corrected chi connectivity index (χ2v) is 8.54. The van der Waals surface area contributed by atoms with E-state index in [0.717, 1.165) is 39.0 Å². The SMILES string of the molecule is Cc1ccc(NC(=O)CN2C(=O)S/C(=C/c3cc(C)n(C(C)C)c3)C2=O)c(C)c1. The first-order valence-electron chi connectivity index (χ1n) is 9.46. The fraction of sp³-hybridized carbons (Fsp3) is 0.318. The molecule has 3 amide bonds. The van der Waals surface area contributed by atoms with Gasteiger partial charge in [-0.05, 0) is 75.7 Å². The van der Waals surface area contributed by atoms with Gasteiger partial charge in [0.25, 0.3) is 11.1 Å². The van der Waals surface area contributed by atoms with Gasteiger partial charge in [0.1, 0.15) is 6.54 Å². The number of imide groups is 1. The summed E-state index contributed by atoms with van der Waals surface area (Å²) in [5, 5.41) is 2.34. The number of aryl methyl sites for hydroxylation is 3. The summed E-state index contributed by atoms with van der Waals surface area (Å²) in [6, 6.07) is 7.96. The molecule has 0 radical (unpaired) electrons. The maximum atomic E-state index is 12.7. The highest BCUT2D eigenvalue weighted by Crippen LogP contribution is 2.32. The van der Waals surface area contributed by atoms with Crippen molar-refractivity contribution in [2.24, 2.45) is 0 Å². The van der Waals surface area contributed by atoms with Crippen molar-refractivity contribution >= 4 is 40.6 Å². The Morgan fingerprint density at radius 1 is 1.17 bits per heavy atom. The molecule has 1 aliphatic rings. The summed E-state index contributed by atoms with van der Waals surface area (Å²) in [6.45, 7) is 9.73. The van der Waals surface area contributed by atoms with Crippen LogP contribution >= 0.6 is 11.8 Å². The number of hydrogen-bond donors (Lipinski definition) is 1. The Hall–Kier alpha value is -2.80. The number of rotatable bonds is 5. The third-order valence-electron chi connectivity index (χ3n) is 4.76. The van der Waals surface area contributed by atoms with Gasteiger partial charge in [-0.15, -0.1) is 0 Å². The van der Waals surface area contributed by atoms with E-state index < -0.39 is 17.1 Å². The number of nitrogens with zero attached hydrogens (tertiary/aromatic N) is 2. The van der Waals surface area contributed by atoms with E-state index in [2.05, 4.69) is 23.7 Å². The monoisotopic (exact) mass is 411 g/mol. The second kappa shape index (κ2) is 8.29. The molecule has 0 unspecified atom stereocenters. The summed E-state index contributed by atoms with van der Waals surface area (Å²) in [5.74, 6) is -0.840. The van der Waals surface area contributed by atoms with E-state index in [4.69, 9.17) is 0 Å². The van der Waals surface area contributed by atoms with Crippen LogP contribution in [0.2, 0.25) is 0 Å². The number of anilines is 1. The molecule has 152 valence electrons. The van der Waals surface area contributed by atoms with Gasteiger partial charge in [0.15, 0.2) is 0 Å². The van der Waals surface area contributed by atoms with Gasteiger partial charge in [0, 0.05) is 23.6 Å². The molecule has 1 aliphatic heterocycles. The molecule has 0 saturated carbocycles. The number of carbonyl (C=O) groups excluding carboxylic acids is 3. The molecular weight excluding hydrogens is 386 g/mol. The molecule has 2 heterocycles. The topological polar surface area (TPSA) is 71.4 Å². The van der Waals surface area contributed by atoms with Crippen molar-refractivity contribution in [1.82, 2.24) is 9.47 Å². The van der Waals surface area contributed by atoms with Crippen LogP contribution in [-0.4, -0.2) is 33.1 Å². The van der Waals surface area contributed by atoms with E-state index in [1.165, 1.54) is 0 Å². The number of aromatic nitrogens is 1. The molecule has 1 aromatic carbocycles. The molecular formula is C22H25N3O3S. The van der Waals surface area contributed by atoms with Gasteiger partial charge in [-0.1, -0.05) is 17.7 Å². The van der Waals surface area contributed by atoms with Crippen LogP contribution in [0.1, 0.15) is 42.3 Å². The predicted octanol–water partition coefficient (Wildman–Crippen LogP) is 4.67. The van der Waals surface area contributed by atoms with Crippen LogP contribution in [0.4, 0.5) is 10.5 Å². The highest BCUT2D eigenvalue weighted by molar-refractivity contribution is 8.18. The lowest BCUT2D eigenvalue weighted by atomic mass is 10.1. The molecule has 1 aromatic heterocycles. The van der Waals surface area contributed by atoms with Crippen molar-refractivity contribution < 1.29 is 14.4 Å². The Balaban J connectivity index is 1.71. The fourth-order valence-electron chi connectivity index (χ4n) is 3.33. The van der Waals surface area contributed by atoms with E-state index in [9.17, 15) is 14.4 Å². The minimum atomic E-state index is -0.439. The molecule has 6 nitrogen and oxygen atoms in total. The van der Waals surface area contributed by atoms with Gasteiger partial charge in [-0.3, -0.25) is 19.3 Å². The lowest BCUT2D eigenvalue weighted by Gasteiger charge is -2.13. The van der Waals surface area contributed by atoms with E-state index in [-0.39, 0.29) is 6.54 Å². The Bertz CT molecular complexity index is 1020. The van der Waals surface area contributed by atoms with Crippen molar-refractivity contribution in [3.63, 3.8) is 0 Å². The van der Waals surface area contributed by atoms with Crippen LogP contribution in [-0.2, 0) is 9.59 Å². The molecule has 1 fully saturated rings. The summed E-state index contributed by atoms with van der Waals surface area (Å²) >= 11 is 0.863. The minimum Gasteiger partial charge on any atom is -0.349 e. The molecule has 1 saturated heterocycles. The standard InChI is InChI=1S/C22H25N3O3S/c1-13(2)24-11-17(9-16(24)5)10-19-21(27)25(22(28)29-19)12-20(26)23-18-7-6-14(3)8-15(18)4/h6-11,13H,12H2,1-5H3,(H,23,26)/b19-10+. The van der Waals surface area contributed by atoms with Gasteiger partial charge < -0.3 is 9.88 Å². The zero-order valence-corrected chi connectivity index (χ0v) is 18.1. The smallest absolute Gasteiger partial charge is 0.294 e. The quantitative estimate of drug-likeness (QED) is 0.726. The van der Waals surface area contributed by atoms with Crippen LogP contribution < -0.4 is 5.32 Å². The minimum absolute atomic E-state index is 0.304. The predicted molar refractivity (Wildman–Crippen MR) is 117 cm³/mol. The maximum absolute atomic E-state index is 12.7. The summed E-state index contributed by atoms with van der Waals surface area (Å²) in [6.07, 6.45) is 3.67. The van der Waals surface area contributed by atoms with Crippen molar-refractivity contribution in [2.75, 3.05) is 11.9 Å². The highest BCUT2D eigenvalue weighted by atomic mass is 32.2. The number of nitrogens with one attached hydrogen (secondary N) is 1. The van der Waals surface area contributed by atoms with Crippen molar-refractivity contribution in [3.8, 4) is 0 Å². The Morgan fingerprint density at radius 2 is 1.90 bits per heavy atom. The van der Waals surface area contributed by atoms with E-state index in [1.54, 1.807) is 6.08 Å². The van der Waals surface area contributed by atoms with Gasteiger partial charge in [-0.2, -0.15) is 0 Å². The fourth-order valence-corrected chi connectivity index (χ4v) is 4.16. The van der Waals surface area contributed by atoms with Crippen LogP contribution in [0.3, 0.4) is 0 Å². The number of benzene rings is 1. The molecule has 1 N–H and O–H groups in total. The molecule has 3 rings (SSSR count). The third-order valence-corrected chi connectivity index (χ3v) is 5.66. The number of hydrogen-bond acceptors (Lipinski definition) is 4. The second-order valence-electron chi connectivity index (χ2n) is 7.55. The number of carbonyl (C=O) groups is 3. The molecule has 2 aromatic rings. The summed E-state index contributed by atoms with van der Waals surface area (Å²) < 4.78 is 2.10. The highest BCUT2D eigenvalue weighted by Gasteiger charge is 2.36. The Labute approximate surface area is 175 Å². The zero-order chi connectivity index (χ0) is 21.3. The third kappa shape index (κ3) is 4.62. The molecule has 0 atom stereocenters.